The Morgan fingerprint density at radius 2 is 2.11 bits per heavy atom. The number of hydrogen-bond donors (Lipinski definition) is 2. The van der Waals surface area contributed by atoms with Crippen LogP contribution >= 0.6 is 11.3 Å². The zero-order valence-corrected chi connectivity index (χ0v) is 12.8. The first-order valence-corrected chi connectivity index (χ1v) is 7.53. The van der Waals surface area contributed by atoms with Gasteiger partial charge in [-0.2, -0.15) is 0 Å². The highest BCUT2D eigenvalue weighted by molar-refractivity contribution is 7.11. The van der Waals surface area contributed by atoms with E-state index in [1.165, 1.54) is 9.75 Å². The summed E-state index contributed by atoms with van der Waals surface area (Å²) >= 11 is 1.77. The summed E-state index contributed by atoms with van der Waals surface area (Å²) in [7, 11) is 0. The van der Waals surface area contributed by atoms with E-state index in [0.717, 1.165) is 6.54 Å². The van der Waals surface area contributed by atoms with Gasteiger partial charge in [0.05, 0.1) is 32.0 Å². The third-order valence-corrected chi connectivity index (χ3v) is 3.46. The number of aliphatic hydroxyl groups is 1. The average molecular weight is 287 g/mol. The molecular weight excluding hydrogens is 262 g/mol. The highest BCUT2D eigenvalue weighted by atomic mass is 32.1. The molecule has 0 amide bonds. The molecular formula is C14H25NO3S. The van der Waals surface area contributed by atoms with Crippen LogP contribution in [0.2, 0.25) is 0 Å². The largest absolute Gasteiger partial charge is 0.389 e. The second kappa shape index (κ2) is 9.44. The summed E-state index contributed by atoms with van der Waals surface area (Å²) in [6, 6.07) is 4.22. The number of aliphatic hydroxyl groups excluding tert-OH is 1. The van der Waals surface area contributed by atoms with Crippen LogP contribution < -0.4 is 5.32 Å². The molecule has 1 heterocycles. The van der Waals surface area contributed by atoms with Crippen molar-refractivity contribution in [3.8, 4) is 0 Å². The standard InChI is InChI=1S/C14H25NO3S/c1-11(2)18-7-6-17-10-13(16)8-15-9-14-5-4-12(3)19-14/h4-5,11,13,15-16H,6-10H2,1-3H3. The maximum absolute atomic E-state index is 9.72. The first kappa shape index (κ1) is 16.6. The van der Waals surface area contributed by atoms with Crippen molar-refractivity contribution in [2.75, 3.05) is 26.4 Å². The first-order valence-electron chi connectivity index (χ1n) is 6.71. The van der Waals surface area contributed by atoms with Gasteiger partial charge in [-0.1, -0.05) is 0 Å². The van der Waals surface area contributed by atoms with Crippen LogP contribution in [0, 0.1) is 6.92 Å². The lowest BCUT2D eigenvalue weighted by Gasteiger charge is -2.13. The van der Waals surface area contributed by atoms with Gasteiger partial charge in [-0.15, -0.1) is 11.3 Å². The maximum Gasteiger partial charge on any atom is 0.0897 e. The molecule has 0 fully saturated rings. The predicted octanol–water partition coefficient (Wildman–Crippen LogP) is 1.95. The Morgan fingerprint density at radius 3 is 2.74 bits per heavy atom. The van der Waals surface area contributed by atoms with Crippen molar-refractivity contribution in [2.24, 2.45) is 0 Å². The van der Waals surface area contributed by atoms with E-state index in [4.69, 9.17) is 9.47 Å². The summed E-state index contributed by atoms with van der Waals surface area (Å²) in [4.78, 5) is 2.60. The molecule has 1 atom stereocenters. The molecule has 0 saturated carbocycles. The van der Waals surface area contributed by atoms with E-state index in [1.807, 2.05) is 13.8 Å². The second-order valence-electron chi connectivity index (χ2n) is 4.79. The second-order valence-corrected chi connectivity index (χ2v) is 6.16. The van der Waals surface area contributed by atoms with Gasteiger partial charge in [0.1, 0.15) is 0 Å². The first-order chi connectivity index (χ1) is 9.08. The van der Waals surface area contributed by atoms with Crippen molar-refractivity contribution >= 4 is 11.3 Å². The number of aryl methyl sites for hydroxylation is 1. The molecule has 0 spiro atoms. The minimum Gasteiger partial charge on any atom is -0.389 e. The minimum absolute atomic E-state index is 0.226. The van der Waals surface area contributed by atoms with Crippen LogP contribution in [0.25, 0.3) is 0 Å². The minimum atomic E-state index is -0.472. The van der Waals surface area contributed by atoms with E-state index in [-0.39, 0.29) is 6.10 Å². The Labute approximate surface area is 119 Å². The van der Waals surface area contributed by atoms with Crippen LogP contribution in [0.4, 0.5) is 0 Å². The van der Waals surface area contributed by atoms with E-state index in [9.17, 15) is 5.11 Å². The summed E-state index contributed by atoms with van der Waals surface area (Å²) in [6.07, 6.45) is -0.246. The van der Waals surface area contributed by atoms with Crippen molar-refractivity contribution in [3.05, 3.63) is 21.9 Å². The summed E-state index contributed by atoms with van der Waals surface area (Å²) in [5.41, 5.74) is 0. The molecule has 5 heteroatoms. The lowest BCUT2D eigenvalue weighted by atomic mass is 10.3. The van der Waals surface area contributed by atoms with Crippen LogP contribution in [-0.4, -0.2) is 43.7 Å². The fourth-order valence-corrected chi connectivity index (χ4v) is 2.42. The van der Waals surface area contributed by atoms with Crippen LogP contribution in [0.3, 0.4) is 0 Å². The van der Waals surface area contributed by atoms with Crippen LogP contribution in [0.5, 0.6) is 0 Å². The van der Waals surface area contributed by atoms with E-state index in [0.29, 0.717) is 26.4 Å². The van der Waals surface area contributed by atoms with Gasteiger partial charge < -0.3 is 19.9 Å². The van der Waals surface area contributed by atoms with E-state index in [1.54, 1.807) is 11.3 Å². The van der Waals surface area contributed by atoms with Crippen molar-refractivity contribution in [1.82, 2.24) is 5.32 Å². The van der Waals surface area contributed by atoms with Gasteiger partial charge in [0.15, 0.2) is 0 Å². The molecule has 0 saturated heterocycles. The fourth-order valence-electron chi connectivity index (χ4n) is 1.56. The van der Waals surface area contributed by atoms with Gasteiger partial charge >= 0.3 is 0 Å². The van der Waals surface area contributed by atoms with Gasteiger partial charge in [-0.3, -0.25) is 0 Å². The van der Waals surface area contributed by atoms with E-state index >= 15 is 0 Å². The zero-order chi connectivity index (χ0) is 14.1. The Bertz CT molecular complexity index is 341. The Kier molecular flexibility index (Phi) is 8.25. The Hall–Kier alpha value is -0.460. The molecule has 0 aliphatic heterocycles. The van der Waals surface area contributed by atoms with Gasteiger partial charge in [0.2, 0.25) is 0 Å². The molecule has 1 rings (SSSR count). The monoisotopic (exact) mass is 287 g/mol. The fraction of sp³-hybridized carbons (Fsp3) is 0.714. The molecule has 4 nitrogen and oxygen atoms in total. The number of rotatable bonds is 10. The van der Waals surface area contributed by atoms with Gasteiger partial charge in [-0.05, 0) is 32.9 Å². The molecule has 2 N–H and O–H groups in total. The Balaban J connectivity index is 1.97. The van der Waals surface area contributed by atoms with Crippen LogP contribution in [0.1, 0.15) is 23.6 Å². The van der Waals surface area contributed by atoms with Gasteiger partial charge in [-0.25, -0.2) is 0 Å². The van der Waals surface area contributed by atoms with Crippen molar-refractivity contribution in [2.45, 2.75) is 39.5 Å². The van der Waals surface area contributed by atoms with Crippen LogP contribution in [-0.2, 0) is 16.0 Å². The highest BCUT2D eigenvalue weighted by Gasteiger charge is 2.04. The molecule has 1 aromatic rings. The zero-order valence-electron chi connectivity index (χ0n) is 12.0. The van der Waals surface area contributed by atoms with Crippen molar-refractivity contribution in [3.63, 3.8) is 0 Å². The number of ether oxygens (including phenoxy) is 2. The normalized spacial score (nSPS) is 13.1. The molecule has 1 aromatic heterocycles. The predicted molar refractivity (Wildman–Crippen MR) is 78.7 cm³/mol. The summed E-state index contributed by atoms with van der Waals surface area (Å²) < 4.78 is 10.7. The molecule has 1 unspecified atom stereocenters. The molecule has 0 aliphatic rings. The van der Waals surface area contributed by atoms with E-state index < -0.39 is 6.10 Å². The number of hydrogen-bond acceptors (Lipinski definition) is 5. The third kappa shape index (κ3) is 8.34. The lowest BCUT2D eigenvalue weighted by molar-refractivity contribution is -0.00999. The lowest BCUT2D eigenvalue weighted by Crippen LogP contribution is -2.30. The van der Waals surface area contributed by atoms with Crippen molar-refractivity contribution < 1.29 is 14.6 Å². The maximum atomic E-state index is 9.72. The third-order valence-electron chi connectivity index (χ3n) is 2.46. The topological polar surface area (TPSA) is 50.7 Å². The quantitative estimate of drug-likeness (QED) is 0.646. The SMILES string of the molecule is Cc1ccc(CNCC(O)COCCOC(C)C)s1. The van der Waals surface area contributed by atoms with E-state index in [2.05, 4.69) is 24.4 Å². The average Bonchev–Trinajstić information content (AvgIpc) is 2.74. The van der Waals surface area contributed by atoms with Crippen molar-refractivity contribution in [1.29, 1.82) is 0 Å². The molecule has 110 valence electrons. The number of thiophene rings is 1. The summed E-state index contributed by atoms with van der Waals surface area (Å²) in [5.74, 6) is 0. The highest BCUT2D eigenvalue weighted by Crippen LogP contribution is 2.14. The smallest absolute Gasteiger partial charge is 0.0897 e. The van der Waals surface area contributed by atoms with Crippen LogP contribution in [0.15, 0.2) is 12.1 Å². The molecule has 0 aromatic carbocycles. The van der Waals surface area contributed by atoms with Gasteiger partial charge in [0.25, 0.3) is 0 Å². The summed E-state index contributed by atoms with van der Waals surface area (Å²) in [5, 5.41) is 12.9. The summed E-state index contributed by atoms with van der Waals surface area (Å²) in [6.45, 7) is 8.86. The number of nitrogens with one attached hydrogen (secondary N) is 1. The Morgan fingerprint density at radius 1 is 1.32 bits per heavy atom. The molecule has 0 radical (unpaired) electrons. The molecule has 19 heavy (non-hydrogen) atoms. The van der Waals surface area contributed by atoms with Gasteiger partial charge in [0, 0.05) is 22.8 Å². The molecule has 0 aliphatic carbocycles. The molecule has 0 bridgehead atoms.